The van der Waals surface area contributed by atoms with Gasteiger partial charge < -0.3 is 4.74 Å². The zero-order valence-electron chi connectivity index (χ0n) is 10.5. The Morgan fingerprint density at radius 1 is 1.00 bits per heavy atom. The highest BCUT2D eigenvalue weighted by Gasteiger charge is 2.13. The Hall–Kier alpha value is -2.42. The van der Waals surface area contributed by atoms with Gasteiger partial charge in [0.2, 0.25) is 5.69 Å². The number of halogens is 1. The molecular formula is C16H13FNO+. The Morgan fingerprint density at radius 2 is 1.84 bits per heavy atom. The van der Waals surface area contributed by atoms with Gasteiger partial charge in [-0.1, -0.05) is 24.3 Å². The summed E-state index contributed by atoms with van der Waals surface area (Å²) in [4.78, 5) is 0. The first kappa shape index (κ1) is 11.7. The minimum absolute atomic E-state index is 0.248. The second kappa shape index (κ2) is 4.69. The molecule has 0 atom stereocenters. The maximum atomic E-state index is 13.8. The van der Waals surface area contributed by atoms with Gasteiger partial charge in [0.05, 0.1) is 12.5 Å². The predicted molar refractivity (Wildman–Crippen MR) is 72.0 cm³/mol. The number of rotatable bonds is 2. The zero-order valence-corrected chi connectivity index (χ0v) is 10.5. The van der Waals surface area contributed by atoms with Crippen LogP contribution in [0.25, 0.3) is 16.5 Å². The van der Waals surface area contributed by atoms with Crippen molar-refractivity contribution in [3.63, 3.8) is 0 Å². The SMILES string of the molecule is COc1cccc2cc[n+](-c3ccccc3F)cc12. The van der Waals surface area contributed by atoms with E-state index in [0.717, 1.165) is 16.5 Å². The number of ether oxygens (including phenoxy) is 1. The topological polar surface area (TPSA) is 13.1 Å². The van der Waals surface area contributed by atoms with Crippen molar-refractivity contribution < 1.29 is 13.7 Å². The van der Waals surface area contributed by atoms with Crippen LogP contribution in [0.4, 0.5) is 4.39 Å². The third kappa shape index (κ3) is 2.03. The smallest absolute Gasteiger partial charge is 0.246 e. The van der Waals surface area contributed by atoms with E-state index in [1.54, 1.807) is 23.8 Å². The van der Waals surface area contributed by atoms with E-state index in [1.165, 1.54) is 6.07 Å². The van der Waals surface area contributed by atoms with Gasteiger partial charge in [-0.2, -0.15) is 8.96 Å². The van der Waals surface area contributed by atoms with Crippen LogP contribution in [0, 0.1) is 5.82 Å². The van der Waals surface area contributed by atoms with Gasteiger partial charge in [0.1, 0.15) is 5.75 Å². The van der Waals surface area contributed by atoms with Crippen LogP contribution in [-0.2, 0) is 0 Å². The van der Waals surface area contributed by atoms with Crippen molar-refractivity contribution in [1.82, 2.24) is 0 Å². The highest BCUT2D eigenvalue weighted by atomic mass is 19.1. The number of hydrogen-bond donors (Lipinski definition) is 0. The maximum Gasteiger partial charge on any atom is 0.246 e. The summed E-state index contributed by atoms with van der Waals surface area (Å²) in [6, 6.07) is 14.5. The zero-order chi connectivity index (χ0) is 13.2. The van der Waals surface area contributed by atoms with Crippen molar-refractivity contribution in [1.29, 1.82) is 0 Å². The molecule has 2 aromatic carbocycles. The Kier molecular flexibility index (Phi) is 2.88. The number of para-hydroxylation sites is 1. The molecule has 1 heterocycles. The van der Waals surface area contributed by atoms with Crippen molar-refractivity contribution >= 4 is 10.8 Å². The highest BCUT2D eigenvalue weighted by molar-refractivity contribution is 5.86. The van der Waals surface area contributed by atoms with E-state index in [9.17, 15) is 4.39 Å². The lowest BCUT2D eigenvalue weighted by molar-refractivity contribution is -0.596. The number of aromatic nitrogens is 1. The summed E-state index contributed by atoms with van der Waals surface area (Å²) in [6.07, 6.45) is 3.73. The normalized spacial score (nSPS) is 10.6. The summed E-state index contributed by atoms with van der Waals surface area (Å²) in [6.45, 7) is 0. The first-order valence-electron chi connectivity index (χ1n) is 6.02. The number of methoxy groups -OCH3 is 1. The molecule has 1 aromatic heterocycles. The van der Waals surface area contributed by atoms with E-state index in [1.807, 2.05) is 42.7 Å². The standard InChI is InChI=1S/C16H13FNO/c1-19-16-8-4-5-12-9-10-18(11-13(12)16)15-7-3-2-6-14(15)17/h2-11H,1H3/q+1. The fraction of sp³-hybridized carbons (Fsp3) is 0.0625. The fourth-order valence-electron chi connectivity index (χ4n) is 2.18. The Balaban J connectivity index is 2.24. The summed E-state index contributed by atoms with van der Waals surface area (Å²) in [5, 5.41) is 2.02. The first-order chi connectivity index (χ1) is 9.29. The maximum absolute atomic E-state index is 13.8. The number of nitrogens with zero attached hydrogens (tertiary/aromatic N) is 1. The number of benzene rings is 2. The second-order valence-electron chi connectivity index (χ2n) is 4.27. The molecule has 0 aliphatic rings. The monoisotopic (exact) mass is 254 g/mol. The van der Waals surface area contributed by atoms with Crippen LogP contribution in [0.5, 0.6) is 5.75 Å². The van der Waals surface area contributed by atoms with Crippen molar-refractivity contribution in [2.24, 2.45) is 0 Å². The van der Waals surface area contributed by atoms with Crippen molar-refractivity contribution in [2.75, 3.05) is 7.11 Å². The third-order valence-corrected chi connectivity index (χ3v) is 3.13. The molecule has 3 aromatic rings. The molecule has 0 N–H and O–H groups in total. The summed E-state index contributed by atoms with van der Waals surface area (Å²) in [5.74, 6) is 0.532. The molecule has 0 radical (unpaired) electrons. The minimum Gasteiger partial charge on any atom is -0.496 e. The van der Waals surface area contributed by atoms with Gasteiger partial charge in [0, 0.05) is 12.1 Å². The van der Waals surface area contributed by atoms with E-state index in [-0.39, 0.29) is 5.82 Å². The summed E-state index contributed by atoms with van der Waals surface area (Å²) >= 11 is 0. The number of pyridine rings is 1. The van der Waals surface area contributed by atoms with Gasteiger partial charge in [-0.05, 0) is 17.5 Å². The van der Waals surface area contributed by atoms with E-state index in [2.05, 4.69) is 0 Å². The molecule has 0 saturated heterocycles. The second-order valence-corrected chi connectivity index (χ2v) is 4.27. The molecule has 0 unspecified atom stereocenters. The molecule has 0 fully saturated rings. The van der Waals surface area contributed by atoms with Crippen LogP contribution in [0.2, 0.25) is 0 Å². The van der Waals surface area contributed by atoms with Crippen molar-refractivity contribution in [3.05, 3.63) is 66.7 Å². The summed E-state index contributed by atoms with van der Waals surface area (Å²) in [7, 11) is 1.63. The molecule has 19 heavy (non-hydrogen) atoms. The van der Waals surface area contributed by atoms with Crippen LogP contribution >= 0.6 is 0 Å². The Bertz CT molecular complexity index is 740. The molecular weight excluding hydrogens is 241 g/mol. The minimum atomic E-state index is -0.248. The van der Waals surface area contributed by atoms with E-state index in [0.29, 0.717) is 5.69 Å². The van der Waals surface area contributed by atoms with Crippen LogP contribution < -0.4 is 9.30 Å². The van der Waals surface area contributed by atoms with Gasteiger partial charge in [-0.25, -0.2) is 0 Å². The molecule has 0 saturated carbocycles. The summed E-state index contributed by atoms with van der Waals surface area (Å²) < 4.78 is 20.9. The highest BCUT2D eigenvalue weighted by Crippen LogP contribution is 2.23. The van der Waals surface area contributed by atoms with Gasteiger partial charge >= 0.3 is 0 Å². The van der Waals surface area contributed by atoms with Gasteiger partial charge in [-0.15, -0.1) is 0 Å². The Morgan fingerprint density at radius 3 is 2.63 bits per heavy atom. The number of hydrogen-bond acceptors (Lipinski definition) is 1. The van der Waals surface area contributed by atoms with Crippen LogP contribution in [0.3, 0.4) is 0 Å². The van der Waals surface area contributed by atoms with Gasteiger partial charge in [0.25, 0.3) is 0 Å². The average Bonchev–Trinajstić information content (AvgIpc) is 2.46. The third-order valence-electron chi connectivity index (χ3n) is 3.13. The molecule has 94 valence electrons. The van der Waals surface area contributed by atoms with Crippen molar-refractivity contribution in [2.45, 2.75) is 0 Å². The van der Waals surface area contributed by atoms with Crippen LogP contribution in [0.1, 0.15) is 0 Å². The number of fused-ring (bicyclic) bond motifs is 1. The molecule has 2 nitrogen and oxygen atoms in total. The lowest BCUT2D eigenvalue weighted by atomic mass is 10.1. The van der Waals surface area contributed by atoms with Gasteiger partial charge in [0.15, 0.2) is 18.2 Å². The Labute approximate surface area is 110 Å². The molecule has 0 aliphatic carbocycles. The quantitative estimate of drug-likeness (QED) is 0.640. The average molecular weight is 254 g/mol. The predicted octanol–water partition coefficient (Wildman–Crippen LogP) is 3.26. The first-order valence-corrected chi connectivity index (χ1v) is 6.02. The van der Waals surface area contributed by atoms with Crippen molar-refractivity contribution in [3.8, 4) is 11.4 Å². The lowest BCUT2D eigenvalue weighted by Gasteiger charge is -2.04. The van der Waals surface area contributed by atoms with Crippen LogP contribution in [-0.4, -0.2) is 7.11 Å². The largest absolute Gasteiger partial charge is 0.496 e. The molecule has 0 aliphatic heterocycles. The molecule has 0 spiro atoms. The fourth-order valence-corrected chi connectivity index (χ4v) is 2.18. The molecule has 0 amide bonds. The summed E-state index contributed by atoms with van der Waals surface area (Å²) in [5.41, 5.74) is 0.523. The molecule has 3 rings (SSSR count). The van der Waals surface area contributed by atoms with E-state index >= 15 is 0 Å². The van der Waals surface area contributed by atoms with E-state index in [4.69, 9.17) is 4.74 Å². The van der Waals surface area contributed by atoms with Crippen LogP contribution in [0.15, 0.2) is 60.9 Å². The molecule has 3 heteroatoms. The molecule has 0 bridgehead atoms. The van der Waals surface area contributed by atoms with Gasteiger partial charge in [-0.3, -0.25) is 0 Å². The van der Waals surface area contributed by atoms with E-state index < -0.39 is 0 Å². The lowest BCUT2D eigenvalue weighted by Crippen LogP contribution is -2.30.